The number of rotatable bonds is 16. The van der Waals surface area contributed by atoms with E-state index in [4.69, 9.17) is 9.15 Å². The van der Waals surface area contributed by atoms with Crippen LogP contribution in [0, 0.1) is 11.8 Å². The Hall–Kier alpha value is -2.27. The molecule has 2 heterocycles. The lowest BCUT2D eigenvalue weighted by molar-refractivity contribution is -0.180. The van der Waals surface area contributed by atoms with Crippen molar-refractivity contribution in [3.8, 4) is 5.75 Å². The van der Waals surface area contributed by atoms with Gasteiger partial charge in [-0.15, -0.1) is 0 Å². The van der Waals surface area contributed by atoms with E-state index in [0.29, 0.717) is 5.92 Å². The SMILES string of the molecule is CCCCCC[C@H](C)C/C(C)=C\[C@@H](/C=C(C)/C=C/[C@@H](O)C(C)(C)c1cc(O)c([C@H]2O[C@@H](CO)C[C@@H](O)[C@@H]2O)c(=O)o1)CO. The first-order valence-corrected chi connectivity index (χ1v) is 15.6. The highest BCUT2D eigenvalue weighted by Crippen LogP contribution is 2.37. The minimum atomic E-state index is -1.50. The molecule has 43 heavy (non-hydrogen) atoms. The van der Waals surface area contributed by atoms with Crippen molar-refractivity contribution >= 4 is 0 Å². The van der Waals surface area contributed by atoms with E-state index in [9.17, 15) is 35.4 Å². The van der Waals surface area contributed by atoms with E-state index in [1.165, 1.54) is 43.7 Å². The summed E-state index contributed by atoms with van der Waals surface area (Å²) in [5, 5.41) is 61.7. The van der Waals surface area contributed by atoms with Gasteiger partial charge in [-0.3, -0.25) is 0 Å². The Morgan fingerprint density at radius 1 is 1.14 bits per heavy atom. The Balaban J connectivity index is 2.14. The summed E-state index contributed by atoms with van der Waals surface area (Å²) in [5.41, 5.74) is -0.399. The Morgan fingerprint density at radius 3 is 2.44 bits per heavy atom. The van der Waals surface area contributed by atoms with E-state index >= 15 is 0 Å². The average Bonchev–Trinajstić information content (AvgIpc) is 2.95. The van der Waals surface area contributed by atoms with Crippen LogP contribution in [-0.4, -0.2) is 68.3 Å². The molecule has 1 saturated heterocycles. The summed E-state index contributed by atoms with van der Waals surface area (Å²) in [6, 6.07) is 1.20. The number of aliphatic hydroxyl groups excluding tert-OH is 5. The maximum atomic E-state index is 12.9. The number of hydrogen-bond acceptors (Lipinski definition) is 9. The Kier molecular flexibility index (Phi) is 14.8. The van der Waals surface area contributed by atoms with Crippen molar-refractivity contribution in [3.63, 3.8) is 0 Å². The Labute approximate surface area is 256 Å². The van der Waals surface area contributed by atoms with E-state index in [1.54, 1.807) is 26.0 Å². The van der Waals surface area contributed by atoms with E-state index < -0.39 is 53.9 Å². The molecule has 0 amide bonds. The van der Waals surface area contributed by atoms with Crippen molar-refractivity contribution in [1.29, 1.82) is 0 Å². The molecule has 0 aromatic carbocycles. The van der Waals surface area contributed by atoms with Crippen LogP contribution >= 0.6 is 0 Å². The maximum Gasteiger partial charge on any atom is 0.345 e. The van der Waals surface area contributed by atoms with Gasteiger partial charge in [0.05, 0.1) is 36.9 Å². The molecular formula is C34H54O9. The molecular weight excluding hydrogens is 552 g/mol. The fourth-order valence-corrected chi connectivity index (χ4v) is 5.56. The summed E-state index contributed by atoms with van der Waals surface area (Å²) in [7, 11) is 0. The van der Waals surface area contributed by atoms with Crippen molar-refractivity contribution in [2.45, 2.75) is 122 Å². The van der Waals surface area contributed by atoms with Gasteiger partial charge in [0.2, 0.25) is 0 Å². The van der Waals surface area contributed by atoms with Crippen molar-refractivity contribution in [1.82, 2.24) is 0 Å². The van der Waals surface area contributed by atoms with Crippen LogP contribution in [0.2, 0.25) is 0 Å². The van der Waals surface area contributed by atoms with Gasteiger partial charge >= 0.3 is 5.63 Å². The lowest BCUT2D eigenvalue weighted by Gasteiger charge is -2.36. The van der Waals surface area contributed by atoms with Gasteiger partial charge in [-0.1, -0.05) is 81.4 Å². The summed E-state index contributed by atoms with van der Waals surface area (Å²) in [4.78, 5) is 12.9. The molecule has 1 aromatic heterocycles. The lowest BCUT2D eigenvalue weighted by Crippen LogP contribution is -2.46. The number of aromatic hydroxyl groups is 1. The van der Waals surface area contributed by atoms with Crippen molar-refractivity contribution in [2.24, 2.45) is 11.8 Å². The molecule has 9 heteroatoms. The smallest absolute Gasteiger partial charge is 0.345 e. The monoisotopic (exact) mass is 606 g/mol. The number of aliphatic hydroxyl groups is 5. The topological polar surface area (TPSA) is 161 Å². The van der Waals surface area contributed by atoms with Crippen LogP contribution in [0.15, 0.2) is 50.7 Å². The molecule has 244 valence electrons. The maximum absolute atomic E-state index is 12.9. The summed E-state index contributed by atoms with van der Waals surface area (Å²) >= 11 is 0. The van der Waals surface area contributed by atoms with Crippen molar-refractivity contribution < 1.29 is 39.8 Å². The molecule has 0 aliphatic carbocycles. The third-order valence-corrected chi connectivity index (χ3v) is 8.33. The molecule has 9 nitrogen and oxygen atoms in total. The highest BCUT2D eigenvalue weighted by molar-refractivity contribution is 5.36. The third kappa shape index (κ3) is 10.7. The zero-order valence-corrected chi connectivity index (χ0v) is 26.7. The van der Waals surface area contributed by atoms with Gasteiger partial charge in [-0.25, -0.2) is 4.79 Å². The van der Waals surface area contributed by atoms with Gasteiger partial charge in [0.1, 0.15) is 29.3 Å². The lowest BCUT2D eigenvalue weighted by atomic mass is 9.82. The largest absolute Gasteiger partial charge is 0.507 e. The van der Waals surface area contributed by atoms with Gasteiger partial charge in [-0.05, 0) is 40.0 Å². The van der Waals surface area contributed by atoms with Gasteiger partial charge in [0, 0.05) is 18.4 Å². The highest BCUT2D eigenvalue weighted by atomic mass is 16.5. The first kappa shape index (κ1) is 36.9. The van der Waals surface area contributed by atoms with E-state index in [1.807, 2.05) is 13.0 Å². The molecule has 2 rings (SSSR count). The second kappa shape index (κ2) is 17.3. The minimum absolute atomic E-state index is 0.0118. The molecule has 1 aliphatic rings. The quantitative estimate of drug-likeness (QED) is 0.0899. The predicted octanol–water partition coefficient (Wildman–Crippen LogP) is 4.58. The van der Waals surface area contributed by atoms with E-state index in [-0.39, 0.29) is 30.3 Å². The molecule has 0 spiro atoms. The predicted molar refractivity (Wildman–Crippen MR) is 167 cm³/mol. The molecule has 1 aliphatic heterocycles. The molecule has 0 saturated carbocycles. The zero-order chi connectivity index (χ0) is 32.3. The third-order valence-electron chi connectivity index (χ3n) is 8.33. The highest BCUT2D eigenvalue weighted by Gasteiger charge is 2.41. The van der Waals surface area contributed by atoms with Crippen LogP contribution in [0.3, 0.4) is 0 Å². The second-order valence-electron chi connectivity index (χ2n) is 12.8. The van der Waals surface area contributed by atoms with E-state index in [0.717, 1.165) is 12.0 Å². The fraction of sp³-hybridized carbons (Fsp3) is 0.676. The molecule has 6 N–H and O–H groups in total. The van der Waals surface area contributed by atoms with Crippen LogP contribution in [0.4, 0.5) is 0 Å². The standard InChI is InChI=1S/C34H54O9/c1-7-8-9-10-11-21(2)14-23(4)16-24(19-35)15-22(3)12-13-28(39)34(5,6)29-18-26(37)30(33(41)43-29)32-31(40)27(38)17-25(20-36)42-32/h12-13,15-16,18,21,24-25,27-28,31-32,35-40H,7-11,14,17,19-20H2,1-6H3/b13-12+,22-15+,23-16-/t21-,24+,25+,27+,28+,31-,32+/m0/s1. The molecule has 0 unspecified atom stereocenters. The summed E-state index contributed by atoms with van der Waals surface area (Å²) in [6.07, 6.45) is 8.44. The zero-order valence-electron chi connectivity index (χ0n) is 26.7. The molecule has 0 radical (unpaired) electrons. The van der Waals surface area contributed by atoms with E-state index in [2.05, 4.69) is 26.8 Å². The van der Waals surface area contributed by atoms with Crippen molar-refractivity contribution in [3.05, 3.63) is 63.3 Å². The van der Waals surface area contributed by atoms with Crippen LogP contribution in [0.5, 0.6) is 5.75 Å². The van der Waals surface area contributed by atoms with Gasteiger partial charge in [-0.2, -0.15) is 0 Å². The minimum Gasteiger partial charge on any atom is -0.507 e. The van der Waals surface area contributed by atoms with Gasteiger partial charge in [0.15, 0.2) is 0 Å². The van der Waals surface area contributed by atoms with Crippen LogP contribution in [0.25, 0.3) is 0 Å². The molecule has 1 fully saturated rings. The van der Waals surface area contributed by atoms with Crippen LogP contribution in [-0.2, 0) is 10.2 Å². The van der Waals surface area contributed by atoms with Gasteiger partial charge in [0.25, 0.3) is 0 Å². The van der Waals surface area contributed by atoms with Crippen molar-refractivity contribution in [2.75, 3.05) is 13.2 Å². The molecule has 1 aromatic rings. The first-order valence-electron chi connectivity index (χ1n) is 15.6. The van der Waals surface area contributed by atoms with Crippen LogP contribution < -0.4 is 5.63 Å². The Bertz CT molecular complexity index is 1150. The summed E-state index contributed by atoms with van der Waals surface area (Å²) < 4.78 is 11.0. The fourth-order valence-electron chi connectivity index (χ4n) is 5.56. The second-order valence-corrected chi connectivity index (χ2v) is 12.8. The summed E-state index contributed by atoms with van der Waals surface area (Å²) in [6.45, 7) is 11.3. The average molecular weight is 607 g/mol. The first-order chi connectivity index (χ1) is 20.2. The molecule has 0 bridgehead atoms. The van der Waals surface area contributed by atoms with Crippen LogP contribution in [0.1, 0.15) is 104 Å². The number of ether oxygens (including phenoxy) is 1. The number of unbranched alkanes of at least 4 members (excludes halogenated alkanes) is 3. The summed E-state index contributed by atoms with van der Waals surface area (Å²) in [5.74, 6) is -0.0686. The Morgan fingerprint density at radius 2 is 1.84 bits per heavy atom. The van der Waals surface area contributed by atoms with Gasteiger partial charge < -0.3 is 39.8 Å². The molecule has 7 atom stereocenters. The number of allylic oxidation sites excluding steroid dienone is 3. The number of hydrogen-bond donors (Lipinski definition) is 6. The normalized spacial score (nSPS) is 24.3.